The van der Waals surface area contributed by atoms with E-state index in [2.05, 4.69) is 15.4 Å². The van der Waals surface area contributed by atoms with Crippen molar-refractivity contribution < 1.29 is 0 Å². The van der Waals surface area contributed by atoms with E-state index in [-0.39, 0.29) is 0 Å². The minimum Gasteiger partial charge on any atom is -0.308 e. The Hall–Kier alpha value is -1.95. The third kappa shape index (κ3) is 2.76. The van der Waals surface area contributed by atoms with Gasteiger partial charge in [-0.15, -0.1) is 11.3 Å². The monoisotopic (exact) mass is 316 g/mol. The molecule has 0 unspecified atom stereocenters. The van der Waals surface area contributed by atoms with E-state index in [1.165, 1.54) is 11.3 Å². The van der Waals surface area contributed by atoms with Gasteiger partial charge < -0.3 is 5.43 Å². The lowest BCUT2D eigenvalue weighted by atomic mass is 10.1. The Bertz CT molecular complexity index is 771. The number of hydrogen-bond donors (Lipinski definition) is 2. The molecule has 0 saturated heterocycles. The highest BCUT2D eigenvalue weighted by atomic mass is 35.5. The van der Waals surface area contributed by atoms with Crippen molar-refractivity contribution in [3.63, 3.8) is 0 Å². The van der Waals surface area contributed by atoms with Gasteiger partial charge in [0.1, 0.15) is 5.82 Å². The fourth-order valence-corrected chi connectivity index (χ4v) is 3.08. The Morgan fingerprint density at radius 2 is 1.95 bits per heavy atom. The van der Waals surface area contributed by atoms with E-state index in [0.717, 1.165) is 21.7 Å². The van der Waals surface area contributed by atoms with Crippen molar-refractivity contribution in [3.05, 3.63) is 52.4 Å². The first-order valence-corrected chi connectivity index (χ1v) is 7.60. The first-order valence-electron chi connectivity index (χ1n) is 6.34. The molecule has 0 fully saturated rings. The lowest BCUT2D eigenvalue weighted by Gasteiger charge is -2.11. The van der Waals surface area contributed by atoms with Crippen LogP contribution in [-0.2, 0) is 0 Å². The van der Waals surface area contributed by atoms with Crippen LogP contribution < -0.4 is 11.3 Å². The van der Waals surface area contributed by atoms with Crippen molar-refractivity contribution in [3.8, 4) is 22.0 Å². The van der Waals surface area contributed by atoms with Crippen LogP contribution in [-0.4, -0.2) is 9.97 Å². The number of benzene rings is 1. The Morgan fingerprint density at radius 1 is 1.19 bits per heavy atom. The van der Waals surface area contributed by atoms with E-state index in [1.807, 2.05) is 48.7 Å². The molecule has 1 aromatic carbocycles. The molecule has 0 spiro atoms. The van der Waals surface area contributed by atoms with Crippen LogP contribution in [0.1, 0.15) is 5.56 Å². The largest absolute Gasteiger partial charge is 0.308 e. The summed E-state index contributed by atoms with van der Waals surface area (Å²) in [7, 11) is 0. The van der Waals surface area contributed by atoms with E-state index in [0.29, 0.717) is 16.7 Å². The molecule has 2 aromatic heterocycles. The second kappa shape index (κ2) is 5.81. The van der Waals surface area contributed by atoms with E-state index in [1.54, 1.807) is 0 Å². The number of thiophene rings is 1. The molecule has 0 radical (unpaired) electrons. The Labute approximate surface area is 131 Å². The van der Waals surface area contributed by atoms with Crippen LogP contribution >= 0.6 is 22.9 Å². The average molecular weight is 317 g/mol. The van der Waals surface area contributed by atoms with Gasteiger partial charge in [0.2, 0.25) is 0 Å². The van der Waals surface area contributed by atoms with Gasteiger partial charge in [-0.3, -0.25) is 0 Å². The number of nitrogen functional groups attached to an aromatic ring is 1. The summed E-state index contributed by atoms with van der Waals surface area (Å²) in [6.07, 6.45) is 0. The molecule has 3 rings (SSSR count). The van der Waals surface area contributed by atoms with Gasteiger partial charge >= 0.3 is 0 Å². The van der Waals surface area contributed by atoms with Crippen molar-refractivity contribution in [1.29, 1.82) is 0 Å². The summed E-state index contributed by atoms with van der Waals surface area (Å²) in [5.41, 5.74) is 5.44. The zero-order valence-corrected chi connectivity index (χ0v) is 12.9. The van der Waals surface area contributed by atoms with Gasteiger partial charge in [0.05, 0.1) is 15.6 Å². The summed E-state index contributed by atoms with van der Waals surface area (Å²) < 4.78 is 0. The molecule has 6 heteroatoms. The lowest BCUT2D eigenvalue weighted by molar-refractivity contribution is 1.12. The highest BCUT2D eigenvalue weighted by Crippen LogP contribution is 2.32. The third-order valence-electron chi connectivity index (χ3n) is 3.12. The molecule has 0 saturated carbocycles. The molecule has 4 nitrogen and oxygen atoms in total. The predicted molar refractivity (Wildman–Crippen MR) is 88.3 cm³/mol. The van der Waals surface area contributed by atoms with Gasteiger partial charge in [-0.1, -0.05) is 41.9 Å². The Balaban J connectivity index is 2.20. The van der Waals surface area contributed by atoms with Crippen molar-refractivity contribution in [2.45, 2.75) is 6.92 Å². The molecular weight excluding hydrogens is 304 g/mol. The molecule has 3 aromatic rings. The second-order valence-corrected chi connectivity index (χ2v) is 5.86. The highest BCUT2D eigenvalue weighted by Gasteiger charge is 2.14. The fourth-order valence-electron chi connectivity index (χ4n) is 2.07. The number of nitrogens with one attached hydrogen (secondary N) is 1. The van der Waals surface area contributed by atoms with E-state index >= 15 is 0 Å². The fraction of sp³-hybridized carbons (Fsp3) is 0.0667. The SMILES string of the molecule is Cc1c(NN)nc(-c2cc(Cl)cs2)nc1-c1ccccc1. The smallest absolute Gasteiger partial charge is 0.172 e. The zero-order valence-electron chi connectivity index (χ0n) is 11.3. The number of hydrogen-bond acceptors (Lipinski definition) is 5. The van der Waals surface area contributed by atoms with E-state index < -0.39 is 0 Å². The van der Waals surface area contributed by atoms with Crippen molar-refractivity contribution in [1.82, 2.24) is 9.97 Å². The molecule has 0 amide bonds. The summed E-state index contributed by atoms with van der Waals surface area (Å²) in [5.74, 6) is 6.82. The van der Waals surface area contributed by atoms with Crippen LogP contribution in [0.15, 0.2) is 41.8 Å². The van der Waals surface area contributed by atoms with Crippen LogP contribution in [0.3, 0.4) is 0 Å². The molecule has 0 aliphatic heterocycles. The standard InChI is InChI=1S/C15H13ClN4S/c1-9-13(10-5-3-2-4-6-10)18-15(19-14(9)20-17)12-7-11(16)8-21-12/h2-8H,17H2,1H3,(H,18,19,20). The van der Waals surface area contributed by atoms with Crippen LogP contribution in [0.25, 0.3) is 22.0 Å². The van der Waals surface area contributed by atoms with Gasteiger partial charge in [0.25, 0.3) is 0 Å². The number of rotatable bonds is 3. The van der Waals surface area contributed by atoms with Gasteiger partial charge in [-0.05, 0) is 13.0 Å². The number of nitrogens with two attached hydrogens (primary N) is 1. The van der Waals surface area contributed by atoms with Crippen LogP contribution in [0.4, 0.5) is 5.82 Å². The number of aromatic nitrogens is 2. The molecule has 2 heterocycles. The third-order valence-corrected chi connectivity index (χ3v) is 4.39. The van der Waals surface area contributed by atoms with E-state index in [9.17, 15) is 0 Å². The topological polar surface area (TPSA) is 63.8 Å². The minimum absolute atomic E-state index is 0.614. The number of anilines is 1. The molecule has 106 valence electrons. The molecular formula is C15H13ClN4S. The van der Waals surface area contributed by atoms with Gasteiger partial charge in [0, 0.05) is 16.5 Å². The first-order chi connectivity index (χ1) is 10.2. The van der Waals surface area contributed by atoms with Crippen LogP contribution in [0.5, 0.6) is 0 Å². The lowest BCUT2D eigenvalue weighted by Crippen LogP contribution is -2.12. The maximum absolute atomic E-state index is 5.99. The summed E-state index contributed by atoms with van der Waals surface area (Å²) in [6, 6.07) is 11.8. The molecule has 0 bridgehead atoms. The van der Waals surface area contributed by atoms with Crippen LogP contribution in [0, 0.1) is 6.92 Å². The normalized spacial score (nSPS) is 10.6. The highest BCUT2D eigenvalue weighted by molar-refractivity contribution is 7.14. The summed E-state index contributed by atoms with van der Waals surface area (Å²) in [5, 5.41) is 2.54. The minimum atomic E-state index is 0.614. The van der Waals surface area contributed by atoms with Crippen LogP contribution in [0.2, 0.25) is 5.02 Å². The Kier molecular flexibility index (Phi) is 3.88. The maximum Gasteiger partial charge on any atom is 0.172 e. The van der Waals surface area contributed by atoms with E-state index in [4.69, 9.17) is 17.4 Å². The molecule has 0 aliphatic rings. The Morgan fingerprint density at radius 3 is 2.57 bits per heavy atom. The van der Waals surface area contributed by atoms with Gasteiger partial charge in [-0.2, -0.15) is 0 Å². The van der Waals surface area contributed by atoms with Crippen molar-refractivity contribution in [2.24, 2.45) is 5.84 Å². The number of nitrogens with zero attached hydrogens (tertiary/aromatic N) is 2. The number of halogens is 1. The summed E-state index contributed by atoms with van der Waals surface area (Å²) >= 11 is 7.49. The summed E-state index contributed by atoms with van der Waals surface area (Å²) in [4.78, 5) is 10.1. The van der Waals surface area contributed by atoms with Gasteiger partial charge in [-0.25, -0.2) is 15.8 Å². The quantitative estimate of drug-likeness (QED) is 0.563. The molecule has 3 N–H and O–H groups in total. The first kappa shape index (κ1) is 14.0. The van der Waals surface area contributed by atoms with Gasteiger partial charge in [0.15, 0.2) is 5.82 Å². The predicted octanol–water partition coefficient (Wildman–Crippen LogP) is 4.12. The average Bonchev–Trinajstić information content (AvgIpc) is 2.95. The molecule has 21 heavy (non-hydrogen) atoms. The van der Waals surface area contributed by atoms with Crippen molar-refractivity contribution in [2.75, 3.05) is 5.43 Å². The molecule has 0 atom stereocenters. The second-order valence-electron chi connectivity index (χ2n) is 4.51. The maximum atomic E-state index is 5.99. The molecule has 0 aliphatic carbocycles. The van der Waals surface area contributed by atoms with Crippen molar-refractivity contribution >= 4 is 28.8 Å². The number of hydrazine groups is 1. The zero-order chi connectivity index (χ0) is 14.8. The summed E-state index contributed by atoms with van der Waals surface area (Å²) in [6.45, 7) is 1.95.